The lowest BCUT2D eigenvalue weighted by Crippen LogP contribution is -1.93. The summed E-state index contributed by atoms with van der Waals surface area (Å²) >= 11 is 0. The van der Waals surface area contributed by atoms with Crippen molar-refractivity contribution in [1.82, 2.24) is 9.97 Å². The fourth-order valence-electron chi connectivity index (χ4n) is 1.55. The molecule has 2 aromatic rings. The van der Waals surface area contributed by atoms with Crippen molar-refractivity contribution >= 4 is 6.29 Å². The number of hydrogen-bond acceptors (Lipinski definition) is 2. The molecule has 1 aromatic carbocycles. The van der Waals surface area contributed by atoms with Crippen molar-refractivity contribution in [3.8, 4) is 0 Å². The maximum absolute atomic E-state index is 10.4. The first-order valence-corrected chi connectivity index (χ1v) is 4.88. The quantitative estimate of drug-likeness (QED) is 0.764. The van der Waals surface area contributed by atoms with Gasteiger partial charge in [0.1, 0.15) is 12.1 Å². The molecule has 3 nitrogen and oxygen atoms in total. The summed E-state index contributed by atoms with van der Waals surface area (Å²) in [4.78, 5) is 17.6. The third-order valence-corrected chi connectivity index (χ3v) is 2.24. The van der Waals surface area contributed by atoms with E-state index < -0.39 is 0 Å². The molecule has 0 saturated carbocycles. The minimum Gasteiger partial charge on any atom is -0.348 e. The zero-order valence-corrected chi connectivity index (χ0v) is 8.31. The smallest absolute Gasteiger partial charge is 0.124 e. The number of nitrogens with zero attached hydrogens (tertiary/aromatic N) is 1. The van der Waals surface area contributed by atoms with Crippen LogP contribution in [0.1, 0.15) is 17.0 Å². The molecule has 0 bridgehead atoms. The van der Waals surface area contributed by atoms with Crippen LogP contribution in [0.5, 0.6) is 0 Å². The van der Waals surface area contributed by atoms with Crippen LogP contribution >= 0.6 is 0 Å². The van der Waals surface area contributed by atoms with Crippen LogP contribution in [0.4, 0.5) is 0 Å². The first kappa shape index (κ1) is 9.65. The van der Waals surface area contributed by atoms with E-state index in [2.05, 4.69) is 9.97 Å². The lowest BCUT2D eigenvalue weighted by molar-refractivity contribution is -0.107. The van der Waals surface area contributed by atoms with Crippen molar-refractivity contribution < 1.29 is 4.79 Å². The van der Waals surface area contributed by atoms with Crippen molar-refractivity contribution in [2.75, 3.05) is 0 Å². The minimum absolute atomic E-state index is 0.478. The lowest BCUT2D eigenvalue weighted by atomic mass is 10.1. The maximum Gasteiger partial charge on any atom is 0.124 e. The molecular formula is C12H12N2O. The second-order valence-electron chi connectivity index (χ2n) is 3.40. The number of aromatic amines is 1. The normalized spacial score (nSPS) is 10.1. The van der Waals surface area contributed by atoms with Crippen LogP contribution in [0.15, 0.2) is 36.7 Å². The summed E-state index contributed by atoms with van der Waals surface area (Å²) in [5.41, 5.74) is 2.22. The van der Waals surface area contributed by atoms with Gasteiger partial charge in [0, 0.05) is 25.2 Å². The summed E-state index contributed by atoms with van der Waals surface area (Å²) in [6.45, 7) is 0. The molecule has 0 saturated heterocycles. The lowest BCUT2D eigenvalue weighted by Gasteiger charge is -2.01. The van der Waals surface area contributed by atoms with Crippen molar-refractivity contribution in [1.29, 1.82) is 0 Å². The topological polar surface area (TPSA) is 45.8 Å². The van der Waals surface area contributed by atoms with E-state index in [-0.39, 0.29) is 0 Å². The molecule has 1 heterocycles. The van der Waals surface area contributed by atoms with Gasteiger partial charge in [0.05, 0.1) is 0 Å². The number of aromatic nitrogens is 2. The summed E-state index contributed by atoms with van der Waals surface area (Å²) < 4.78 is 0. The fraction of sp³-hybridized carbons (Fsp3) is 0.167. The predicted molar refractivity (Wildman–Crippen MR) is 57.6 cm³/mol. The molecule has 0 fully saturated rings. The number of carbonyl (C=O) groups excluding carboxylic acids is 1. The first-order chi connectivity index (χ1) is 7.38. The monoisotopic (exact) mass is 200 g/mol. The second-order valence-corrected chi connectivity index (χ2v) is 3.40. The first-order valence-electron chi connectivity index (χ1n) is 4.88. The van der Waals surface area contributed by atoms with E-state index in [4.69, 9.17) is 0 Å². The number of nitrogens with one attached hydrogen (secondary N) is 1. The Bertz CT molecular complexity index is 435. The van der Waals surface area contributed by atoms with E-state index in [1.807, 2.05) is 30.5 Å². The summed E-state index contributed by atoms with van der Waals surface area (Å²) in [6, 6.07) is 8.00. The molecule has 3 heteroatoms. The Morgan fingerprint density at radius 1 is 1.33 bits per heavy atom. The van der Waals surface area contributed by atoms with Gasteiger partial charge in [-0.25, -0.2) is 4.98 Å². The standard InChI is InChI=1S/C12H12N2O/c15-7-4-10-2-1-3-11(8-10)9-12-13-5-6-14-12/h1-3,5-8H,4,9H2,(H,13,14). The molecule has 0 radical (unpaired) electrons. The Hall–Kier alpha value is -1.90. The van der Waals surface area contributed by atoms with Crippen LogP contribution < -0.4 is 0 Å². The summed E-state index contributed by atoms with van der Waals surface area (Å²) in [7, 11) is 0. The number of carbonyl (C=O) groups is 1. The van der Waals surface area contributed by atoms with Gasteiger partial charge in [-0.3, -0.25) is 0 Å². The molecule has 1 aromatic heterocycles. The maximum atomic E-state index is 10.4. The van der Waals surface area contributed by atoms with Gasteiger partial charge in [0.2, 0.25) is 0 Å². The number of imidazole rings is 1. The molecule has 0 atom stereocenters. The Labute approximate surface area is 88.2 Å². The van der Waals surface area contributed by atoms with E-state index in [0.29, 0.717) is 6.42 Å². The molecule has 2 rings (SSSR count). The second kappa shape index (κ2) is 4.55. The van der Waals surface area contributed by atoms with Crippen molar-refractivity contribution in [2.45, 2.75) is 12.8 Å². The Morgan fingerprint density at radius 3 is 2.93 bits per heavy atom. The van der Waals surface area contributed by atoms with Crippen LogP contribution in [0, 0.1) is 0 Å². The number of rotatable bonds is 4. The highest BCUT2D eigenvalue weighted by atomic mass is 16.1. The van der Waals surface area contributed by atoms with E-state index >= 15 is 0 Å². The van der Waals surface area contributed by atoms with E-state index in [0.717, 1.165) is 24.1 Å². The average Bonchev–Trinajstić information content (AvgIpc) is 2.71. The van der Waals surface area contributed by atoms with Crippen LogP contribution in [-0.4, -0.2) is 16.3 Å². The number of aldehydes is 1. The van der Waals surface area contributed by atoms with Crippen molar-refractivity contribution in [3.05, 3.63) is 53.6 Å². The zero-order chi connectivity index (χ0) is 10.5. The van der Waals surface area contributed by atoms with Crippen LogP contribution in [-0.2, 0) is 17.6 Å². The Balaban J connectivity index is 2.14. The Morgan fingerprint density at radius 2 is 2.20 bits per heavy atom. The highest BCUT2D eigenvalue weighted by Gasteiger charge is 1.99. The van der Waals surface area contributed by atoms with Gasteiger partial charge in [-0.05, 0) is 11.1 Å². The summed E-state index contributed by atoms with van der Waals surface area (Å²) in [6.07, 6.45) is 5.73. The third-order valence-electron chi connectivity index (χ3n) is 2.24. The fourth-order valence-corrected chi connectivity index (χ4v) is 1.55. The molecular weight excluding hydrogens is 188 g/mol. The van der Waals surface area contributed by atoms with Crippen LogP contribution in [0.25, 0.3) is 0 Å². The molecule has 15 heavy (non-hydrogen) atoms. The predicted octanol–water partition coefficient (Wildman–Crippen LogP) is 1.74. The summed E-state index contributed by atoms with van der Waals surface area (Å²) in [5, 5.41) is 0. The molecule has 0 unspecified atom stereocenters. The molecule has 0 aliphatic carbocycles. The van der Waals surface area contributed by atoms with E-state index in [1.165, 1.54) is 5.56 Å². The molecule has 1 N–H and O–H groups in total. The minimum atomic E-state index is 0.478. The van der Waals surface area contributed by atoms with Gasteiger partial charge in [-0.15, -0.1) is 0 Å². The molecule has 0 spiro atoms. The van der Waals surface area contributed by atoms with Crippen LogP contribution in [0.2, 0.25) is 0 Å². The summed E-state index contributed by atoms with van der Waals surface area (Å²) in [5.74, 6) is 0.943. The van der Waals surface area contributed by atoms with Crippen molar-refractivity contribution in [2.24, 2.45) is 0 Å². The zero-order valence-electron chi connectivity index (χ0n) is 8.31. The average molecular weight is 200 g/mol. The van der Waals surface area contributed by atoms with E-state index in [1.54, 1.807) is 6.20 Å². The highest BCUT2D eigenvalue weighted by molar-refractivity contribution is 5.55. The molecule has 0 aliphatic heterocycles. The Kier molecular flexibility index (Phi) is 2.93. The van der Waals surface area contributed by atoms with Gasteiger partial charge < -0.3 is 9.78 Å². The van der Waals surface area contributed by atoms with E-state index in [9.17, 15) is 4.79 Å². The molecule has 0 amide bonds. The highest BCUT2D eigenvalue weighted by Crippen LogP contribution is 2.08. The third kappa shape index (κ3) is 2.53. The number of benzene rings is 1. The van der Waals surface area contributed by atoms with Crippen LogP contribution in [0.3, 0.4) is 0 Å². The van der Waals surface area contributed by atoms with Gasteiger partial charge in [0.15, 0.2) is 0 Å². The largest absolute Gasteiger partial charge is 0.348 e. The number of hydrogen-bond donors (Lipinski definition) is 1. The number of H-pyrrole nitrogens is 1. The SMILES string of the molecule is O=CCc1cccc(Cc2ncc[nH]2)c1. The molecule has 0 aliphatic rings. The van der Waals surface area contributed by atoms with Gasteiger partial charge >= 0.3 is 0 Å². The van der Waals surface area contributed by atoms with Crippen molar-refractivity contribution in [3.63, 3.8) is 0 Å². The van der Waals surface area contributed by atoms with Gasteiger partial charge in [-0.1, -0.05) is 24.3 Å². The van der Waals surface area contributed by atoms with Gasteiger partial charge in [0.25, 0.3) is 0 Å². The van der Waals surface area contributed by atoms with Gasteiger partial charge in [-0.2, -0.15) is 0 Å². The molecule has 76 valence electrons.